The molecule has 14 heavy (non-hydrogen) atoms. The Bertz CT molecular complexity index is 287. The highest BCUT2D eigenvalue weighted by molar-refractivity contribution is 6.20. The second-order valence-corrected chi connectivity index (χ2v) is 3.48. The van der Waals surface area contributed by atoms with Gasteiger partial charge in [-0.3, -0.25) is 0 Å². The van der Waals surface area contributed by atoms with Crippen LogP contribution in [0, 0.1) is 0 Å². The van der Waals surface area contributed by atoms with Crippen molar-refractivity contribution in [3.8, 4) is 0 Å². The van der Waals surface area contributed by atoms with Crippen molar-refractivity contribution in [2.24, 2.45) is 0 Å². The molecule has 1 atom stereocenters. The Hall–Kier alpha value is -1.22. The highest BCUT2D eigenvalue weighted by atomic mass is 35.5. The molecule has 1 amide bonds. The molecule has 1 rings (SSSR count). The molecule has 0 bridgehead atoms. The summed E-state index contributed by atoms with van der Waals surface area (Å²) in [7, 11) is 0. The summed E-state index contributed by atoms with van der Waals surface area (Å²) in [4.78, 5) is 11.0. The molecule has 3 nitrogen and oxygen atoms in total. The van der Waals surface area contributed by atoms with Crippen LogP contribution in [0.2, 0.25) is 0 Å². The smallest absolute Gasteiger partial charge is 0.408 e. The minimum absolute atomic E-state index is 0.260. The largest absolute Gasteiger partial charge is 0.445 e. The van der Waals surface area contributed by atoms with E-state index in [1.807, 2.05) is 30.3 Å². The summed E-state index contributed by atoms with van der Waals surface area (Å²) in [6.07, 6.45) is -0.503. The number of benzene rings is 1. The third kappa shape index (κ3) is 4.14. The summed E-state index contributed by atoms with van der Waals surface area (Å²) >= 11 is 5.54. The zero-order chi connectivity index (χ0) is 10.4. The number of amides is 1. The van der Waals surface area contributed by atoms with Crippen molar-refractivity contribution in [3.63, 3.8) is 0 Å². The van der Waals surface area contributed by atoms with Crippen LogP contribution >= 0.6 is 11.6 Å². The molecule has 0 aliphatic carbocycles. The number of nitrogens with one attached hydrogen (secondary N) is 1. The first-order valence-electron chi connectivity index (χ1n) is 4.30. The van der Waals surface area contributed by atoms with Crippen LogP contribution in [0.5, 0.6) is 0 Å². The molecule has 0 saturated heterocycles. The quantitative estimate of drug-likeness (QED) is 0.619. The molecule has 0 radical (unpaired) electrons. The van der Waals surface area contributed by atoms with E-state index in [-0.39, 0.29) is 6.61 Å². The number of carbonyl (C=O) groups excluding carboxylic acids is 1. The van der Waals surface area contributed by atoms with Gasteiger partial charge in [0.15, 0.2) is 0 Å². The molecule has 0 aromatic heterocycles. The topological polar surface area (TPSA) is 38.3 Å². The molecule has 1 unspecified atom stereocenters. The van der Waals surface area contributed by atoms with Crippen LogP contribution in [0.15, 0.2) is 30.3 Å². The lowest BCUT2D eigenvalue weighted by Crippen LogP contribution is -2.28. The summed E-state index contributed by atoms with van der Waals surface area (Å²) in [5.74, 6) is 0. The van der Waals surface area contributed by atoms with Gasteiger partial charge in [0.05, 0.1) is 0 Å². The number of hydrogen-bond acceptors (Lipinski definition) is 2. The normalized spacial score (nSPS) is 11.9. The van der Waals surface area contributed by atoms with Gasteiger partial charge in [0.1, 0.15) is 12.1 Å². The van der Waals surface area contributed by atoms with Crippen molar-refractivity contribution in [1.82, 2.24) is 5.32 Å². The van der Waals surface area contributed by atoms with Gasteiger partial charge in [-0.05, 0) is 12.5 Å². The van der Waals surface area contributed by atoms with E-state index in [1.165, 1.54) is 0 Å². The zero-order valence-corrected chi connectivity index (χ0v) is 8.62. The number of ether oxygens (including phenoxy) is 1. The maximum absolute atomic E-state index is 11.0. The minimum Gasteiger partial charge on any atom is -0.445 e. The summed E-state index contributed by atoms with van der Waals surface area (Å²) in [5.41, 5.74) is 0.531. The van der Waals surface area contributed by atoms with E-state index in [2.05, 4.69) is 5.32 Å². The molecule has 0 spiro atoms. The lowest BCUT2D eigenvalue weighted by molar-refractivity contribution is 0.139. The molecule has 4 heteroatoms. The minimum atomic E-state index is -0.503. The summed E-state index contributed by atoms with van der Waals surface area (Å²) in [6, 6.07) is 9.46. The van der Waals surface area contributed by atoms with Gasteiger partial charge in [-0.15, -0.1) is 0 Å². The molecule has 0 fully saturated rings. The number of alkyl halides is 1. The van der Waals surface area contributed by atoms with Crippen molar-refractivity contribution in [1.29, 1.82) is 0 Å². The molecule has 0 aliphatic heterocycles. The lowest BCUT2D eigenvalue weighted by Gasteiger charge is -2.07. The SMILES string of the molecule is CC(Cl)NC(=O)OCc1ccccc1. The molecule has 0 aliphatic rings. The Morgan fingerprint density at radius 1 is 1.50 bits per heavy atom. The average Bonchev–Trinajstić information content (AvgIpc) is 2.15. The van der Waals surface area contributed by atoms with Crippen molar-refractivity contribution in [3.05, 3.63) is 35.9 Å². The van der Waals surface area contributed by atoms with Gasteiger partial charge in [-0.25, -0.2) is 4.79 Å². The van der Waals surface area contributed by atoms with E-state index < -0.39 is 11.6 Å². The Labute approximate surface area is 88.0 Å². The Kier molecular flexibility index (Phi) is 4.26. The van der Waals surface area contributed by atoms with Crippen molar-refractivity contribution < 1.29 is 9.53 Å². The van der Waals surface area contributed by atoms with Crippen LogP contribution in [0.1, 0.15) is 12.5 Å². The van der Waals surface area contributed by atoms with Gasteiger partial charge >= 0.3 is 6.09 Å². The van der Waals surface area contributed by atoms with E-state index in [1.54, 1.807) is 6.92 Å². The summed E-state index contributed by atoms with van der Waals surface area (Å²) in [6.45, 7) is 1.92. The van der Waals surface area contributed by atoms with Crippen LogP contribution in [0.25, 0.3) is 0 Å². The molecule has 76 valence electrons. The summed E-state index contributed by atoms with van der Waals surface area (Å²) in [5, 5.41) is 2.42. The van der Waals surface area contributed by atoms with Gasteiger partial charge < -0.3 is 10.1 Å². The number of hydrogen-bond donors (Lipinski definition) is 1. The molecule has 1 N–H and O–H groups in total. The number of carbonyl (C=O) groups is 1. The molecule has 1 aromatic rings. The number of alkyl carbamates (subject to hydrolysis) is 1. The van der Waals surface area contributed by atoms with E-state index in [0.717, 1.165) is 5.56 Å². The fourth-order valence-corrected chi connectivity index (χ4v) is 1.02. The molecular weight excluding hydrogens is 202 g/mol. The first-order chi connectivity index (χ1) is 6.68. The standard InChI is InChI=1S/C10H12ClNO2/c1-8(11)12-10(13)14-7-9-5-3-2-4-6-9/h2-6,8H,7H2,1H3,(H,12,13). The van der Waals surface area contributed by atoms with Gasteiger partial charge in [-0.2, -0.15) is 0 Å². The zero-order valence-electron chi connectivity index (χ0n) is 7.87. The van der Waals surface area contributed by atoms with E-state index in [4.69, 9.17) is 16.3 Å². The predicted molar refractivity (Wildman–Crippen MR) is 55.1 cm³/mol. The Balaban J connectivity index is 2.31. The van der Waals surface area contributed by atoms with Crippen LogP contribution in [-0.4, -0.2) is 11.6 Å². The van der Waals surface area contributed by atoms with Crippen molar-refractivity contribution in [2.45, 2.75) is 19.0 Å². The maximum atomic E-state index is 11.0. The monoisotopic (exact) mass is 213 g/mol. The fourth-order valence-electron chi connectivity index (χ4n) is 0.927. The number of rotatable bonds is 3. The maximum Gasteiger partial charge on any atom is 0.408 e. The second kappa shape index (κ2) is 5.50. The van der Waals surface area contributed by atoms with E-state index in [9.17, 15) is 4.79 Å². The second-order valence-electron chi connectivity index (χ2n) is 2.82. The first-order valence-corrected chi connectivity index (χ1v) is 4.73. The molecule has 0 saturated carbocycles. The van der Waals surface area contributed by atoms with E-state index in [0.29, 0.717) is 0 Å². The van der Waals surface area contributed by atoms with Gasteiger partial charge in [0, 0.05) is 0 Å². The Morgan fingerprint density at radius 2 is 2.14 bits per heavy atom. The van der Waals surface area contributed by atoms with Crippen LogP contribution in [-0.2, 0) is 11.3 Å². The number of halogens is 1. The van der Waals surface area contributed by atoms with Crippen LogP contribution < -0.4 is 5.32 Å². The highest BCUT2D eigenvalue weighted by Crippen LogP contribution is 2.00. The van der Waals surface area contributed by atoms with Gasteiger partial charge in [-0.1, -0.05) is 41.9 Å². The summed E-state index contributed by atoms with van der Waals surface area (Å²) < 4.78 is 4.90. The third-order valence-electron chi connectivity index (χ3n) is 1.53. The van der Waals surface area contributed by atoms with Crippen molar-refractivity contribution >= 4 is 17.7 Å². The predicted octanol–water partition coefficient (Wildman–Crippen LogP) is 2.50. The van der Waals surface area contributed by atoms with Crippen LogP contribution in [0.3, 0.4) is 0 Å². The van der Waals surface area contributed by atoms with E-state index >= 15 is 0 Å². The van der Waals surface area contributed by atoms with Crippen molar-refractivity contribution in [2.75, 3.05) is 0 Å². The molecular formula is C10H12ClNO2. The lowest BCUT2D eigenvalue weighted by atomic mass is 10.2. The van der Waals surface area contributed by atoms with Gasteiger partial charge in [0.2, 0.25) is 0 Å². The first kappa shape index (κ1) is 10.9. The molecule has 1 aromatic carbocycles. The fraction of sp³-hybridized carbons (Fsp3) is 0.300. The average molecular weight is 214 g/mol. The van der Waals surface area contributed by atoms with Crippen LogP contribution in [0.4, 0.5) is 4.79 Å². The van der Waals surface area contributed by atoms with Gasteiger partial charge in [0.25, 0.3) is 0 Å². The third-order valence-corrected chi connectivity index (χ3v) is 1.64. The molecule has 0 heterocycles. The Morgan fingerprint density at radius 3 is 2.71 bits per heavy atom. The highest BCUT2D eigenvalue weighted by Gasteiger charge is 2.04.